The van der Waals surface area contributed by atoms with Crippen molar-refractivity contribution >= 4 is 5.91 Å². The Labute approximate surface area is 136 Å². The Balaban J connectivity index is 1.59. The van der Waals surface area contributed by atoms with Crippen LogP contribution >= 0.6 is 0 Å². The van der Waals surface area contributed by atoms with Crippen molar-refractivity contribution in [1.29, 1.82) is 0 Å². The molecule has 6 heteroatoms. The van der Waals surface area contributed by atoms with E-state index in [1.807, 2.05) is 23.2 Å². The van der Waals surface area contributed by atoms with Gasteiger partial charge in [0, 0.05) is 50.8 Å². The largest absolute Gasteiger partial charge is 0.340 e. The molecule has 6 nitrogen and oxygen atoms in total. The van der Waals surface area contributed by atoms with Crippen LogP contribution in [0.2, 0.25) is 0 Å². The topological polar surface area (TPSA) is 63.9 Å². The Kier molecular flexibility index (Phi) is 4.69. The number of nitrogens with zero attached hydrogens (tertiary/aromatic N) is 5. The maximum absolute atomic E-state index is 12.5. The Bertz CT molecular complexity index is 665. The number of carbonyl (C=O) groups excluding carboxylic acids is 1. The monoisotopic (exact) mass is 313 g/mol. The number of rotatable bonds is 4. The van der Waals surface area contributed by atoms with E-state index in [9.17, 15) is 4.79 Å². The minimum Gasteiger partial charge on any atom is -0.340 e. The molecule has 0 atom stereocenters. The van der Waals surface area contributed by atoms with Gasteiger partial charge in [0.25, 0.3) is 0 Å². The Morgan fingerprint density at radius 3 is 2.87 bits per heavy atom. The highest BCUT2D eigenvalue weighted by molar-refractivity contribution is 5.76. The smallest absolute Gasteiger partial charge is 0.222 e. The lowest BCUT2D eigenvalue weighted by Gasteiger charge is -2.20. The average Bonchev–Trinajstić information content (AvgIpc) is 2.86. The number of pyridine rings is 1. The minimum absolute atomic E-state index is 0.207. The number of aromatic nitrogens is 4. The molecule has 0 radical (unpaired) electrons. The molecule has 0 saturated heterocycles. The third-order valence-electron chi connectivity index (χ3n) is 4.27. The van der Waals surface area contributed by atoms with E-state index >= 15 is 0 Å². The summed E-state index contributed by atoms with van der Waals surface area (Å²) >= 11 is 0. The van der Waals surface area contributed by atoms with E-state index in [4.69, 9.17) is 0 Å². The second kappa shape index (κ2) is 6.89. The molecule has 1 aliphatic rings. The first kappa shape index (κ1) is 15.6. The van der Waals surface area contributed by atoms with Crippen LogP contribution in [0.25, 0.3) is 0 Å². The summed E-state index contributed by atoms with van der Waals surface area (Å²) < 4.78 is 2.18. The van der Waals surface area contributed by atoms with Gasteiger partial charge in [-0.05, 0) is 18.1 Å². The lowest BCUT2D eigenvalue weighted by atomic mass is 10.1. The zero-order valence-corrected chi connectivity index (χ0v) is 13.8. The Morgan fingerprint density at radius 1 is 1.26 bits per heavy atom. The van der Waals surface area contributed by atoms with E-state index in [0.717, 1.165) is 49.7 Å². The predicted octanol–water partition coefficient (Wildman–Crippen LogP) is 1.81. The van der Waals surface area contributed by atoms with Crippen LogP contribution in [0.15, 0.2) is 24.5 Å². The van der Waals surface area contributed by atoms with Crippen LogP contribution in [0.1, 0.15) is 43.4 Å². The first-order valence-corrected chi connectivity index (χ1v) is 8.24. The van der Waals surface area contributed by atoms with Crippen LogP contribution in [0.5, 0.6) is 0 Å². The number of hydrogen-bond donors (Lipinski definition) is 0. The van der Waals surface area contributed by atoms with Gasteiger partial charge < -0.3 is 9.47 Å². The summed E-state index contributed by atoms with van der Waals surface area (Å²) in [7, 11) is 0. The summed E-state index contributed by atoms with van der Waals surface area (Å²) in [6, 6.07) is 3.92. The fraction of sp³-hybridized carbons (Fsp3) is 0.529. The van der Waals surface area contributed by atoms with Gasteiger partial charge in [0.1, 0.15) is 11.6 Å². The quantitative estimate of drug-likeness (QED) is 0.863. The van der Waals surface area contributed by atoms with E-state index in [1.54, 1.807) is 6.20 Å². The summed E-state index contributed by atoms with van der Waals surface area (Å²) in [5.74, 6) is 2.57. The lowest BCUT2D eigenvalue weighted by molar-refractivity contribution is -0.131. The molecular formula is C17H23N5O. The number of hydrogen-bond acceptors (Lipinski definition) is 4. The van der Waals surface area contributed by atoms with Crippen molar-refractivity contribution in [2.75, 3.05) is 13.1 Å². The highest BCUT2D eigenvalue weighted by Crippen LogP contribution is 2.17. The van der Waals surface area contributed by atoms with E-state index in [2.05, 4.69) is 33.6 Å². The van der Waals surface area contributed by atoms with E-state index < -0.39 is 0 Å². The number of carbonyl (C=O) groups is 1. The van der Waals surface area contributed by atoms with Crippen molar-refractivity contribution in [1.82, 2.24) is 24.6 Å². The molecule has 0 fully saturated rings. The highest BCUT2D eigenvalue weighted by atomic mass is 16.2. The van der Waals surface area contributed by atoms with Gasteiger partial charge in [0.05, 0.1) is 0 Å². The second-order valence-corrected chi connectivity index (χ2v) is 6.27. The van der Waals surface area contributed by atoms with Crippen molar-refractivity contribution in [2.24, 2.45) is 0 Å². The molecule has 0 aromatic carbocycles. The van der Waals surface area contributed by atoms with E-state index in [0.29, 0.717) is 12.3 Å². The third-order valence-corrected chi connectivity index (χ3v) is 4.27. The zero-order valence-electron chi connectivity index (χ0n) is 13.8. The van der Waals surface area contributed by atoms with Crippen LogP contribution in [0.4, 0.5) is 0 Å². The fourth-order valence-corrected chi connectivity index (χ4v) is 2.98. The Hall–Kier alpha value is -2.24. The molecule has 0 bridgehead atoms. The summed E-state index contributed by atoms with van der Waals surface area (Å²) in [5.41, 5.74) is 1.11. The molecule has 1 aliphatic heterocycles. The number of aryl methyl sites for hydroxylation is 1. The first-order chi connectivity index (χ1) is 11.1. The normalized spacial score (nSPS) is 14.7. The molecule has 2 aromatic heterocycles. The molecule has 2 aromatic rings. The van der Waals surface area contributed by atoms with Gasteiger partial charge in [-0.1, -0.05) is 19.9 Å². The summed E-state index contributed by atoms with van der Waals surface area (Å²) in [6.07, 6.45) is 5.63. The van der Waals surface area contributed by atoms with Crippen LogP contribution < -0.4 is 0 Å². The summed E-state index contributed by atoms with van der Waals surface area (Å²) in [5, 5.41) is 8.58. The molecule has 0 spiro atoms. The van der Waals surface area contributed by atoms with Crippen LogP contribution in [-0.2, 0) is 24.2 Å². The molecule has 122 valence electrons. The molecule has 3 rings (SSSR count). The number of amides is 1. The van der Waals surface area contributed by atoms with Gasteiger partial charge in [-0.3, -0.25) is 9.78 Å². The second-order valence-electron chi connectivity index (χ2n) is 6.27. The maximum Gasteiger partial charge on any atom is 0.222 e. The van der Waals surface area contributed by atoms with Crippen LogP contribution in [-0.4, -0.2) is 43.6 Å². The summed E-state index contributed by atoms with van der Waals surface area (Å²) in [4.78, 5) is 18.5. The third kappa shape index (κ3) is 3.57. The first-order valence-electron chi connectivity index (χ1n) is 8.24. The molecule has 1 amide bonds. The Morgan fingerprint density at radius 2 is 2.13 bits per heavy atom. The van der Waals surface area contributed by atoms with Gasteiger partial charge in [-0.15, -0.1) is 10.2 Å². The van der Waals surface area contributed by atoms with Crippen molar-refractivity contribution in [2.45, 2.75) is 45.6 Å². The molecule has 3 heterocycles. The zero-order chi connectivity index (χ0) is 16.2. The van der Waals surface area contributed by atoms with Gasteiger partial charge in [-0.2, -0.15) is 0 Å². The van der Waals surface area contributed by atoms with Gasteiger partial charge in [-0.25, -0.2) is 0 Å². The molecule has 0 unspecified atom stereocenters. The SMILES string of the molecule is CC(C)c1nnc2n1CCN(C(=O)CCc1cccnc1)CC2. The van der Waals surface area contributed by atoms with Gasteiger partial charge in [0.2, 0.25) is 5.91 Å². The van der Waals surface area contributed by atoms with E-state index in [1.165, 1.54) is 0 Å². The average molecular weight is 313 g/mol. The summed E-state index contributed by atoms with van der Waals surface area (Å²) in [6.45, 7) is 6.49. The molecule has 23 heavy (non-hydrogen) atoms. The molecule has 0 aliphatic carbocycles. The van der Waals surface area contributed by atoms with Gasteiger partial charge in [0.15, 0.2) is 0 Å². The van der Waals surface area contributed by atoms with Crippen LogP contribution in [0, 0.1) is 0 Å². The van der Waals surface area contributed by atoms with Crippen LogP contribution in [0.3, 0.4) is 0 Å². The van der Waals surface area contributed by atoms with Crippen molar-refractivity contribution in [3.8, 4) is 0 Å². The van der Waals surface area contributed by atoms with Crippen molar-refractivity contribution < 1.29 is 4.79 Å². The standard InChI is InChI=1S/C17H23N5O/c1-13(2)17-20-19-15-7-9-21(10-11-22(15)17)16(23)6-5-14-4-3-8-18-12-14/h3-4,8,12-13H,5-7,9-11H2,1-2H3. The fourth-order valence-electron chi connectivity index (χ4n) is 2.98. The predicted molar refractivity (Wildman–Crippen MR) is 87.0 cm³/mol. The van der Waals surface area contributed by atoms with Crippen molar-refractivity contribution in [3.63, 3.8) is 0 Å². The minimum atomic E-state index is 0.207. The maximum atomic E-state index is 12.5. The molecular weight excluding hydrogens is 290 g/mol. The van der Waals surface area contributed by atoms with E-state index in [-0.39, 0.29) is 5.91 Å². The van der Waals surface area contributed by atoms with Gasteiger partial charge >= 0.3 is 0 Å². The van der Waals surface area contributed by atoms with Crippen molar-refractivity contribution in [3.05, 3.63) is 41.7 Å². The highest BCUT2D eigenvalue weighted by Gasteiger charge is 2.22. The number of fused-ring (bicyclic) bond motifs is 1. The molecule has 0 saturated carbocycles. The molecule has 0 N–H and O–H groups in total. The lowest BCUT2D eigenvalue weighted by Crippen LogP contribution is -2.34.